The van der Waals surface area contributed by atoms with Gasteiger partial charge in [-0.1, -0.05) is 45.2 Å². The molecule has 0 aliphatic rings. The number of hydrogen-bond donors (Lipinski definition) is 1. The molecule has 1 atom stereocenters. The largest absolute Gasteiger partial charge is 0.481 e. The second-order valence-electron chi connectivity index (χ2n) is 5.04. The van der Waals surface area contributed by atoms with E-state index >= 15 is 0 Å². The Morgan fingerprint density at radius 1 is 1.00 bits per heavy atom. The molecule has 0 heterocycles. The van der Waals surface area contributed by atoms with E-state index in [1.165, 1.54) is 0 Å². The summed E-state index contributed by atoms with van der Waals surface area (Å²) in [7, 11) is -0.731. The Morgan fingerprint density at radius 2 is 1.52 bits per heavy atom. The molecule has 0 bridgehead atoms. The fourth-order valence-corrected chi connectivity index (χ4v) is 3.17. The van der Waals surface area contributed by atoms with Gasteiger partial charge in [-0.2, -0.15) is 0 Å². The van der Waals surface area contributed by atoms with E-state index in [1.807, 2.05) is 61.3 Å². The molecule has 0 aliphatic heterocycles. The quantitative estimate of drug-likeness (QED) is 0.637. The average Bonchev–Trinajstić information content (AvgIpc) is 2.55. The molecule has 0 fully saturated rings. The molecule has 0 radical (unpaired) electrons. The van der Waals surface area contributed by atoms with E-state index in [9.17, 15) is 4.79 Å². The number of rotatable bonds is 7. The van der Waals surface area contributed by atoms with Gasteiger partial charge in [0.25, 0.3) is 0 Å². The Bertz CT molecular complexity index is 699. The number of nitrogens with zero attached hydrogens (tertiary/aromatic N) is 1. The van der Waals surface area contributed by atoms with Gasteiger partial charge in [-0.05, 0) is 36.2 Å². The second kappa shape index (κ2) is 10.6. The number of carboxylic acid groups (broad SMARTS) is 1. The van der Waals surface area contributed by atoms with E-state index in [2.05, 4.69) is 4.74 Å². The van der Waals surface area contributed by atoms with E-state index in [-0.39, 0.29) is 21.3 Å². The zero-order valence-electron chi connectivity index (χ0n) is 13.2. The lowest BCUT2D eigenvalue weighted by Gasteiger charge is -2.21. The highest BCUT2D eigenvalue weighted by atomic mass is 31.2. The monoisotopic (exact) mass is 365 g/mol. The molecule has 25 heavy (non-hydrogen) atoms. The Hall–Kier alpha value is -2.26. The molecule has 2 aromatic carbocycles. The summed E-state index contributed by atoms with van der Waals surface area (Å²) in [5, 5.41) is 8.71. The molecule has 1 N–H and O–H groups in total. The molecule has 0 amide bonds. The predicted octanol–water partition coefficient (Wildman–Crippen LogP) is 5.72. The number of benzene rings is 2. The van der Waals surface area contributed by atoms with Crippen LogP contribution in [-0.4, -0.2) is 24.8 Å². The topological polar surface area (TPSA) is 68.1 Å². The fraction of sp³-hybridized carbons (Fsp3) is 0.316. The molecule has 5 nitrogen and oxygen atoms in total. The summed E-state index contributed by atoms with van der Waals surface area (Å²) >= 11 is 0. The van der Waals surface area contributed by atoms with Gasteiger partial charge in [0.05, 0.1) is 0 Å². The lowest BCUT2D eigenvalue weighted by Crippen LogP contribution is -2.00. The van der Waals surface area contributed by atoms with E-state index in [0.29, 0.717) is 17.9 Å². The van der Waals surface area contributed by atoms with E-state index in [1.54, 1.807) is 7.05 Å². The van der Waals surface area contributed by atoms with Crippen LogP contribution < -0.4 is 9.05 Å². The van der Waals surface area contributed by atoms with Crippen LogP contribution in [0.4, 0.5) is 0 Å². The van der Waals surface area contributed by atoms with Crippen LogP contribution in [-0.2, 0) is 11.2 Å². The summed E-state index contributed by atoms with van der Waals surface area (Å²) in [5.41, 5.74) is 0.956. The highest BCUT2D eigenvalue weighted by Crippen LogP contribution is 2.47. The summed E-state index contributed by atoms with van der Waals surface area (Å²) < 4.78 is 16.1. The Kier molecular flexibility index (Phi) is 9.62. The van der Waals surface area contributed by atoms with Crippen molar-refractivity contribution >= 4 is 13.5 Å². The highest BCUT2D eigenvalue weighted by Gasteiger charge is 2.17. The van der Waals surface area contributed by atoms with Crippen molar-refractivity contribution in [3.63, 3.8) is 0 Å². The number of carboxylic acids is 1. The first kappa shape index (κ1) is 22.7. The molecule has 0 aliphatic carbocycles. The van der Waals surface area contributed by atoms with E-state index in [4.69, 9.17) is 14.2 Å². The van der Waals surface area contributed by atoms with E-state index in [0.717, 1.165) is 5.56 Å². The van der Waals surface area contributed by atoms with Crippen LogP contribution in [0, 0.1) is 0 Å². The Morgan fingerprint density at radius 3 is 2.00 bits per heavy atom. The molecular formula is C19H28NO4P. The number of aryl methyl sites for hydroxylation is 1. The van der Waals surface area contributed by atoms with Crippen molar-refractivity contribution in [2.24, 2.45) is 4.74 Å². The van der Waals surface area contributed by atoms with Crippen LogP contribution in [0.2, 0.25) is 0 Å². The lowest BCUT2D eigenvalue weighted by atomic mass is 10.1. The number of aliphatic carboxylic acids is 1. The molecule has 138 valence electrons. The fourth-order valence-electron chi connectivity index (χ4n) is 1.94. The zero-order valence-corrected chi connectivity index (χ0v) is 14.1. The Balaban J connectivity index is 0.00000288. The van der Waals surface area contributed by atoms with Gasteiger partial charge in [0.2, 0.25) is 0 Å². The van der Waals surface area contributed by atoms with Crippen LogP contribution >= 0.6 is 7.51 Å². The van der Waals surface area contributed by atoms with E-state index < -0.39 is 13.5 Å². The lowest BCUT2D eigenvalue weighted by molar-refractivity contribution is -0.136. The molecular weight excluding hydrogens is 337 g/mol. The summed E-state index contributed by atoms with van der Waals surface area (Å²) in [4.78, 5) is 10.6. The number of hydrogen-bond acceptors (Lipinski definition) is 4. The molecule has 1 unspecified atom stereocenters. The van der Waals surface area contributed by atoms with Crippen molar-refractivity contribution in [1.29, 1.82) is 0 Å². The second-order valence-corrected chi connectivity index (χ2v) is 7.41. The minimum absolute atomic E-state index is 0. The summed E-state index contributed by atoms with van der Waals surface area (Å²) in [6, 6.07) is 16.8. The minimum atomic E-state index is -2.41. The Labute approximate surface area is 150 Å². The molecule has 6 heteroatoms. The molecule has 0 saturated carbocycles. The summed E-state index contributed by atoms with van der Waals surface area (Å²) in [6.07, 6.45) is 0.618. The first-order valence-electron chi connectivity index (χ1n) is 7.23. The van der Waals surface area contributed by atoms with Crippen LogP contribution in [0.15, 0.2) is 59.3 Å². The van der Waals surface area contributed by atoms with Gasteiger partial charge in [0.1, 0.15) is 11.5 Å². The van der Waals surface area contributed by atoms with Crippen molar-refractivity contribution in [3.05, 3.63) is 60.2 Å². The molecule has 0 spiro atoms. The summed E-state index contributed by atoms with van der Waals surface area (Å²) in [5.74, 6) is 0.568. The van der Waals surface area contributed by atoms with Gasteiger partial charge >= 0.3 is 13.5 Å². The van der Waals surface area contributed by atoms with Crippen molar-refractivity contribution in [1.82, 2.24) is 0 Å². The third-order valence-electron chi connectivity index (χ3n) is 3.21. The first-order chi connectivity index (χ1) is 11.0. The maximum absolute atomic E-state index is 10.6. The van der Waals surface area contributed by atoms with Gasteiger partial charge in [-0.3, -0.25) is 4.79 Å². The van der Waals surface area contributed by atoms with Crippen LogP contribution in [0.5, 0.6) is 11.5 Å². The molecule has 0 aromatic heterocycles. The van der Waals surface area contributed by atoms with Crippen molar-refractivity contribution in [2.75, 3.05) is 13.7 Å². The smallest absolute Gasteiger partial charge is 0.310 e. The molecule has 2 aromatic rings. The highest BCUT2D eigenvalue weighted by molar-refractivity contribution is 7.56. The van der Waals surface area contributed by atoms with Crippen molar-refractivity contribution < 1.29 is 18.9 Å². The van der Waals surface area contributed by atoms with Crippen LogP contribution in [0.1, 0.15) is 26.8 Å². The normalized spacial score (nSPS) is 11.9. The van der Waals surface area contributed by atoms with Crippen LogP contribution in [0.25, 0.3) is 0 Å². The maximum atomic E-state index is 10.6. The third-order valence-corrected chi connectivity index (χ3v) is 5.03. The van der Waals surface area contributed by atoms with Gasteiger partial charge in [0.15, 0.2) is 0 Å². The number of para-hydroxylation sites is 1. The van der Waals surface area contributed by atoms with Crippen molar-refractivity contribution in [2.45, 2.75) is 27.7 Å². The third kappa shape index (κ3) is 7.44. The van der Waals surface area contributed by atoms with Gasteiger partial charge in [-0.15, -0.1) is 0 Å². The maximum Gasteiger partial charge on any atom is 0.310 e. The zero-order chi connectivity index (χ0) is 16.7. The van der Waals surface area contributed by atoms with Gasteiger partial charge < -0.3 is 14.2 Å². The summed E-state index contributed by atoms with van der Waals surface area (Å²) in [6.45, 7) is 1.85. The van der Waals surface area contributed by atoms with Crippen LogP contribution in [0.3, 0.4) is 0 Å². The first-order valence-corrected chi connectivity index (χ1v) is 9.26. The van der Waals surface area contributed by atoms with Gasteiger partial charge in [-0.25, -0.2) is 4.74 Å². The van der Waals surface area contributed by atoms with Gasteiger partial charge in [0, 0.05) is 20.1 Å². The minimum Gasteiger partial charge on any atom is -0.481 e. The number of carbonyl (C=O) groups is 1. The standard InChI is InChI=1S/C17H20NO4P.2CH4/c1-18-23(2,21-15-6-4-3-5-7-15)22-16-11-8-14(9-12-16)10-13-17(19)20;;/h3-9,11-12H,10,13H2,1-2H3,(H,19,20);2*1H4. The molecule has 0 saturated heterocycles. The average molecular weight is 365 g/mol. The predicted molar refractivity (Wildman–Crippen MR) is 105 cm³/mol. The van der Waals surface area contributed by atoms with Crippen molar-refractivity contribution in [3.8, 4) is 11.5 Å². The molecule has 2 rings (SSSR count). The SMILES string of the molecule is C.C.CN=P(C)(Oc1ccccc1)Oc1ccc(CCC(=O)O)cc1.